The van der Waals surface area contributed by atoms with Crippen LogP contribution in [-0.4, -0.2) is 41.3 Å². The van der Waals surface area contributed by atoms with Gasteiger partial charge in [-0.25, -0.2) is 9.97 Å². The highest BCUT2D eigenvalue weighted by molar-refractivity contribution is 6.08. The Balaban J connectivity index is 1.65. The number of rotatable bonds is 13. The summed E-state index contributed by atoms with van der Waals surface area (Å²) in [4.78, 5) is 22.0. The first-order valence-electron chi connectivity index (χ1n) is 13.7. The fraction of sp³-hybridized carbons (Fsp3) is 0.250. The van der Waals surface area contributed by atoms with Crippen LogP contribution in [0, 0.1) is 5.41 Å². The number of carbonyl (C=O) groups excluding carboxylic acids is 1. The number of nitrogens with one attached hydrogen (secondary N) is 3. The fourth-order valence-electron chi connectivity index (χ4n) is 4.33. The highest BCUT2D eigenvalue weighted by Crippen LogP contribution is 2.31. The van der Waals surface area contributed by atoms with E-state index in [2.05, 4.69) is 10.6 Å². The van der Waals surface area contributed by atoms with Crippen molar-refractivity contribution in [2.75, 3.05) is 18.5 Å². The van der Waals surface area contributed by atoms with E-state index in [1.807, 2.05) is 87.5 Å². The van der Waals surface area contributed by atoms with Crippen LogP contribution in [0.2, 0.25) is 0 Å². The number of carbonyl (C=O) groups is 1. The number of hydrogen-bond donors (Lipinski definition) is 4. The van der Waals surface area contributed by atoms with E-state index >= 15 is 0 Å². The number of ether oxygens (including phenoxy) is 2. The van der Waals surface area contributed by atoms with Crippen molar-refractivity contribution in [1.82, 2.24) is 15.3 Å². The molecule has 9 heteroatoms. The van der Waals surface area contributed by atoms with Gasteiger partial charge in [-0.3, -0.25) is 4.79 Å². The van der Waals surface area contributed by atoms with Gasteiger partial charge in [0.15, 0.2) is 12.4 Å². The number of allylic oxidation sites excluding steroid dienone is 1. The molecule has 0 radical (unpaired) electrons. The molecule has 0 saturated heterocycles. The Kier molecular flexibility index (Phi) is 9.88. The molecule has 1 aromatic heterocycles. The molecule has 9 nitrogen and oxygen atoms in total. The van der Waals surface area contributed by atoms with Crippen molar-refractivity contribution in [3.63, 3.8) is 0 Å². The maximum absolute atomic E-state index is 12.3. The molecule has 4 rings (SSSR count). The van der Waals surface area contributed by atoms with Gasteiger partial charge in [-0.1, -0.05) is 38.1 Å². The Morgan fingerprint density at radius 3 is 2.41 bits per heavy atom. The summed E-state index contributed by atoms with van der Waals surface area (Å²) in [6, 6.07) is 20.8. The van der Waals surface area contributed by atoms with E-state index in [4.69, 9.17) is 30.6 Å². The lowest BCUT2D eigenvalue weighted by Gasteiger charge is -2.15. The monoisotopic (exact) mass is 552 g/mol. The molecule has 1 amide bonds. The van der Waals surface area contributed by atoms with Gasteiger partial charge in [-0.2, -0.15) is 0 Å². The summed E-state index contributed by atoms with van der Waals surface area (Å²) in [5, 5.41) is 14.7. The summed E-state index contributed by atoms with van der Waals surface area (Å²) in [7, 11) is 0. The second-order valence-corrected chi connectivity index (χ2v) is 9.37. The SMILES string of the molecule is CCOc1ccc2nc(-c3cccc(OCC(=O)NC(CC)CC)c3)nc(Nc3ccc(/C(C=N)=C/N)cc3)c2c1. The predicted molar refractivity (Wildman–Crippen MR) is 165 cm³/mol. The van der Waals surface area contributed by atoms with Gasteiger partial charge in [0.2, 0.25) is 0 Å². The number of amides is 1. The van der Waals surface area contributed by atoms with Gasteiger partial charge in [0.05, 0.1) is 12.1 Å². The molecule has 0 aliphatic heterocycles. The van der Waals surface area contributed by atoms with Gasteiger partial charge in [-0.15, -0.1) is 0 Å². The lowest BCUT2D eigenvalue weighted by Crippen LogP contribution is -2.37. The summed E-state index contributed by atoms with van der Waals surface area (Å²) in [6.07, 6.45) is 4.38. The molecule has 3 aromatic carbocycles. The summed E-state index contributed by atoms with van der Waals surface area (Å²) >= 11 is 0. The zero-order valence-corrected chi connectivity index (χ0v) is 23.6. The van der Waals surface area contributed by atoms with Crippen molar-refractivity contribution < 1.29 is 14.3 Å². The van der Waals surface area contributed by atoms with Crippen LogP contribution in [0.3, 0.4) is 0 Å². The molecular weight excluding hydrogens is 516 g/mol. The van der Waals surface area contributed by atoms with Gasteiger partial charge in [-0.05, 0) is 67.8 Å². The van der Waals surface area contributed by atoms with Crippen LogP contribution in [0.4, 0.5) is 11.5 Å². The zero-order valence-electron chi connectivity index (χ0n) is 23.6. The van der Waals surface area contributed by atoms with Crippen LogP contribution in [-0.2, 0) is 4.79 Å². The van der Waals surface area contributed by atoms with E-state index < -0.39 is 0 Å². The van der Waals surface area contributed by atoms with Crippen LogP contribution in [0.15, 0.2) is 72.9 Å². The molecular formula is C32H36N6O3. The Labute approximate surface area is 240 Å². The number of aromatic nitrogens is 2. The highest BCUT2D eigenvalue weighted by Gasteiger charge is 2.14. The maximum Gasteiger partial charge on any atom is 0.258 e. The van der Waals surface area contributed by atoms with Gasteiger partial charge in [0, 0.05) is 40.7 Å². The molecule has 212 valence electrons. The number of anilines is 2. The average Bonchev–Trinajstić information content (AvgIpc) is 3.00. The minimum absolute atomic E-state index is 0.0689. The van der Waals surface area contributed by atoms with Crippen LogP contribution in [0.1, 0.15) is 39.2 Å². The number of benzene rings is 3. The lowest BCUT2D eigenvalue weighted by molar-refractivity contribution is -0.123. The van der Waals surface area contributed by atoms with Crippen molar-refractivity contribution in [3.05, 3.63) is 78.5 Å². The van der Waals surface area contributed by atoms with Crippen LogP contribution in [0.5, 0.6) is 11.5 Å². The predicted octanol–water partition coefficient (Wildman–Crippen LogP) is 6.07. The Hall–Kier alpha value is -4.92. The lowest BCUT2D eigenvalue weighted by atomic mass is 10.1. The standard InChI is InChI=1S/C32H36N6O3/c1-4-24(5-2)35-30(39)20-41-26-9-7-8-22(16-26)31-37-29-15-14-27(40-6-3)17-28(29)32(38-31)36-25-12-10-21(11-13-25)23(18-33)19-34/h7-19,24,33H,4-6,20,34H2,1-3H3,(H,35,39)(H,36,37,38)/b23-19+,33-18?. The average molecular weight is 553 g/mol. The molecule has 5 N–H and O–H groups in total. The molecule has 1 heterocycles. The van der Waals surface area contributed by atoms with Gasteiger partial charge in [0.1, 0.15) is 17.3 Å². The first-order valence-corrected chi connectivity index (χ1v) is 13.7. The summed E-state index contributed by atoms with van der Waals surface area (Å²) < 4.78 is 11.5. The fourth-order valence-corrected chi connectivity index (χ4v) is 4.33. The molecule has 0 aliphatic carbocycles. The second kappa shape index (κ2) is 13.9. The summed E-state index contributed by atoms with van der Waals surface area (Å²) in [6.45, 7) is 6.51. The van der Waals surface area contributed by atoms with E-state index in [0.29, 0.717) is 29.6 Å². The first kappa shape index (κ1) is 29.1. The van der Waals surface area contributed by atoms with Crippen molar-refractivity contribution in [2.24, 2.45) is 5.73 Å². The maximum atomic E-state index is 12.3. The first-order chi connectivity index (χ1) is 20.0. The molecule has 4 aromatic rings. The zero-order chi connectivity index (χ0) is 29.2. The highest BCUT2D eigenvalue weighted by atomic mass is 16.5. The van der Waals surface area contributed by atoms with Crippen molar-refractivity contribution >= 4 is 40.1 Å². The second-order valence-electron chi connectivity index (χ2n) is 9.37. The van der Waals surface area contributed by atoms with Crippen LogP contribution >= 0.6 is 0 Å². The van der Waals surface area contributed by atoms with E-state index in [1.165, 1.54) is 12.4 Å². The Bertz CT molecular complexity index is 1530. The number of hydrogen-bond acceptors (Lipinski definition) is 8. The van der Waals surface area contributed by atoms with Crippen LogP contribution < -0.4 is 25.8 Å². The molecule has 0 spiro atoms. The number of fused-ring (bicyclic) bond motifs is 1. The van der Waals surface area contributed by atoms with E-state index in [1.54, 1.807) is 0 Å². The third kappa shape index (κ3) is 7.39. The molecule has 0 fully saturated rings. The van der Waals surface area contributed by atoms with Gasteiger partial charge < -0.3 is 31.3 Å². The third-order valence-electron chi connectivity index (χ3n) is 6.61. The molecule has 0 unspecified atom stereocenters. The van der Waals surface area contributed by atoms with E-state index in [9.17, 15) is 4.79 Å². The van der Waals surface area contributed by atoms with Crippen molar-refractivity contribution in [3.8, 4) is 22.9 Å². The number of nitrogens with two attached hydrogens (primary N) is 1. The van der Waals surface area contributed by atoms with E-state index in [0.717, 1.165) is 46.3 Å². The Morgan fingerprint density at radius 2 is 1.73 bits per heavy atom. The number of nitrogens with zero attached hydrogens (tertiary/aromatic N) is 2. The summed E-state index contributed by atoms with van der Waals surface area (Å²) in [5.74, 6) is 2.24. The van der Waals surface area contributed by atoms with Gasteiger partial charge >= 0.3 is 0 Å². The topological polar surface area (TPSA) is 135 Å². The van der Waals surface area contributed by atoms with Crippen molar-refractivity contribution in [2.45, 2.75) is 39.7 Å². The third-order valence-corrected chi connectivity index (χ3v) is 6.61. The molecule has 0 aliphatic rings. The summed E-state index contributed by atoms with van der Waals surface area (Å²) in [5.41, 5.74) is 9.40. The van der Waals surface area contributed by atoms with E-state index in [-0.39, 0.29) is 18.6 Å². The quantitative estimate of drug-likeness (QED) is 0.148. The largest absolute Gasteiger partial charge is 0.494 e. The smallest absolute Gasteiger partial charge is 0.258 e. The Morgan fingerprint density at radius 1 is 0.976 bits per heavy atom. The minimum atomic E-state index is -0.150. The molecule has 0 atom stereocenters. The molecule has 0 bridgehead atoms. The molecule has 0 saturated carbocycles. The van der Waals surface area contributed by atoms with Gasteiger partial charge in [0.25, 0.3) is 5.91 Å². The molecule has 41 heavy (non-hydrogen) atoms. The van der Waals surface area contributed by atoms with Crippen LogP contribution in [0.25, 0.3) is 27.9 Å². The minimum Gasteiger partial charge on any atom is -0.494 e. The normalized spacial score (nSPS) is 11.4. The van der Waals surface area contributed by atoms with Crippen molar-refractivity contribution in [1.29, 1.82) is 5.41 Å².